The highest BCUT2D eigenvalue weighted by molar-refractivity contribution is 8.29. The zero-order chi connectivity index (χ0) is 22.2. The second-order valence-corrected chi connectivity index (χ2v) is 12.5. The maximum absolute atomic E-state index is 12.8. The Kier molecular flexibility index (Phi) is 6.35. The lowest BCUT2D eigenvalue weighted by Crippen LogP contribution is -2.40. The monoisotopic (exact) mass is 462 g/mol. The first-order valence-electron chi connectivity index (χ1n) is 9.35. The number of hydrogen-bond acceptors (Lipinski definition) is 5. The topological polar surface area (TPSA) is 80.4 Å². The van der Waals surface area contributed by atoms with Crippen LogP contribution in [0.15, 0.2) is 36.5 Å². The molecule has 0 radical (unpaired) electrons. The van der Waals surface area contributed by atoms with E-state index in [1.54, 1.807) is 35.8 Å². The van der Waals surface area contributed by atoms with E-state index in [0.717, 1.165) is 15.8 Å². The Morgan fingerprint density at radius 3 is 2.60 bits per heavy atom. The van der Waals surface area contributed by atoms with Gasteiger partial charge in [-0.25, -0.2) is 0 Å². The Bertz CT molecular complexity index is 1150. The zero-order valence-electron chi connectivity index (χ0n) is 17.7. The molecule has 0 bridgehead atoms. The average molecular weight is 463 g/mol. The van der Waals surface area contributed by atoms with Gasteiger partial charge in [0.2, 0.25) is 0 Å². The smallest absolute Gasteiger partial charge is 0.274 e. The van der Waals surface area contributed by atoms with Crippen LogP contribution in [0.25, 0.3) is 10.1 Å². The summed E-state index contributed by atoms with van der Waals surface area (Å²) in [7, 11) is 3.30. The predicted molar refractivity (Wildman–Crippen MR) is 131 cm³/mol. The Hall–Kier alpha value is -2.23. The third-order valence-electron chi connectivity index (χ3n) is 5.11. The molecule has 0 saturated carbocycles. The minimum Gasteiger partial charge on any atom is -0.397 e. The van der Waals surface area contributed by atoms with Crippen LogP contribution in [0.5, 0.6) is 0 Å². The number of benzene rings is 1. The van der Waals surface area contributed by atoms with Crippen LogP contribution in [0.2, 0.25) is 0 Å². The van der Waals surface area contributed by atoms with Crippen molar-refractivity contribution in [2.75, 3.05) is 30.5 Å². The molecule has 6 nitrogen and oxygen atoms in total. The normalized spacial score (nSPS) is 12.7. The third-order valence-corrected chi connectivity index (χ3v) is 9.28. The summed E-state index contributed by atoms with van der Waals surface area (Å²) in [6.07, 6.45) is 3.71. The van der Waals surface area contributed by atoms with Crippen LogP contribution in [0.4, 0.5) is 11.4 Å². The lowest BCUT2D eigenvalue weighted by molar-refractivity contribution is 0.0953. The summed E-state index contributed by atoms with van der Waals surface area (Å²) in [4.78, 5) is 27.7. The molecule has 3 rings (SSSR count). The number of hydrogen-bond donors (Lipinski definition) is 2. The van der Waals surface area contributed by atoms with Crippen LogP contribution >= 0.6 is 11.3 Å². The maximum Gasteiger partial charge on any atom is 0.274 e. The number of nitrogen functional groups attached to an aromatic ring is 1. The minimum atomic E-state index is -0.218. The fourth-order valence-electron chi connectivity index (χ4n) is 2.92. The molecule has 0 aliphatic rings. The van der Waals surface area contributed by atoms with Gasteiger partial charge in [-0.3, -0.25) is 9.59 Å². The molecule has 2 heterocycles. The van der Waals surface area contributed by atoms with Crippen molar-refractivity contribution in [1.29, 1.82) is 0 Å². The fraction of sp³-hybridized carbons (Fsp3) is 0.333. The first kappa shape index (κ1) is 22.5. The van der Waals surface area contributed by atoms with Crippen molar-refractivity contribution in [3.63, 3.8) is 0 Å². The molecule has 160 valence electrons. The van der Waals surface area contributed by atoms with E-state index in [4.69, 9.17) is 16.9 Å². The summed E-state index contributed by atoms with van der Waals surface area (Å²) < 4.78 is 2.58. The number of amides is 2. The molecule has 3 aromatic rings. The molecular formula is C21H26N4O2S3. The van der Waals surface area contributed by atoms with Crippen LogP contribution in [0.3, 0.4) is 0 Å². The van der Waals surface area contributed by atoms with Crippen molar-refractivity contribution in [1.82, 2.24) is 9.88 Å². The van der Waals surface area contributed by atoms with Gasteiger partial charge < -0.3 is 20.5 Å². The predicted octanol–water partition coefficient (Wildman–Crippen LogP) is 3.32. The standard InChI is InChI=1S/C21H26N4O2S3/c1-21(2,30(5)28)12-23-19(26)18-9-13-8-15(6-7-17(13)29-18)25(4)20(27)16-10-14(22)11-24(16)3/h6-11H,12,22H2,1-5H3,(H,23,26). The SMILES string of the molecule is CN(C(=O)c1cc(N)cn1C)c1ccc2sc(C(=O)NCC(C)(C)S(C)=S)cc2c1. The van der Waals surface area contributed by atoms with E-state index >= 15 is 0 Å². The molecule has 0 aliphatic heterocycles. The number of nitrogens with zero attached hydrogens (tertiary/aromatic N) is 2. The summed E-state index contributed by atoms with van der Waals surface area (Å²) >= 11 is 6.81. The molecular weight excluding hydrogens is 436 g/mol. The van der Waals surface area contributed by atoms with Crippen molar-refractivity contribution in [3.8, 4) is 0 Å². The molecule has 1 aromatic carbocycles. The number of carbonyl (C=O) groups excluding carboxylic acids is 2. The molecule has 30 heavy (non-hydrogen) atoms. The molecule has 3 N–H and O–H groups in total. The van der Waals surface area contributed by atoms with Crippen LogP contribution in [0.1, 0.15) is 34.0 Å². The van der Waals surface area contributed by atoms with E-state index in [1.807, 2.05) is 30.5 Å². The van der Waals surface area contributed by atoms with E-state index in [1.165, 1.54) is 11.3 Å². The first-order valence-corrected chi connectivity index (χ1v) is 12.7. The summed E-state index contributed by atoms with van der Waals surface area (Å²) in [6.45, 7) is 4.66. The number of anilines is 2. The zero-order valence-corrected chi connectivity index (χ0v) is 20.1. The fourth-order valence-corrected chi connectivity index (χ4v) is 4.34. The van der Waals surface area contributed by atoms with Gasteiger partial charge in [-0.2, -0.15) is 0 Å². The van der Waals surface area contributed by atoms with Gasteiger partial charge in [0.15, 0.2) is 0 Å². The summed E-state index contributed by atoms with van der Waals surface area (Å²) in [5, 5.41) is 3.92. The van der Waals surface area contributed by atoms with E-state index in [0.29, 0.717) is 22.8 Å². The lowest BCUT2D eigenvalue weighted by Gasteiger charge is -2.24. The van der Waals surface area contributed by atoms with Crippen LogP contribution in [-0.4, -0.2) is 41.0 Å². The Balaban J connectivity index is 1.80. The molecule has 0 spiro atoms. The second-order valence-electron chi connectivity index (χ2n) is 7.86. The molecule has 2 aromatic heterocycles. The Labute approximate surface area is 187 Å². The van der Waals surface area contributed by atoms with Crippen LogP contribution < -0.4 is 16.0 Å². The molecule has 0 fully saturated rings. The molecule has 9 heteroatoms. The largest absolute Gasteiger partial charge is 0.397 e. The van der Waals surface area contributed by atoms with Gasteiger partial charge in [-0.15, -0.1) is 20.8 Å². The number of nitrogens with two attached hydrogens (primary N) is 1. The number of rotatable bonds is 6. The van der Waals surface area contributed by atoms with Crippen LogP contribution in [-0.2, 0) is 27.7 Å². The van der Waals surface area contributed by atoms with E-state index in [2.05, 4.69) is 19.2 Å². The van der Waals surface area contributed by atoms with Crippen molar-refractivity contribution >= 4 is 65.3 Å². The highest BCUT2D eigenvalue weighted by atomic mass is 32.8. The molecule has 2 amide bonds. The maximum atomic E-state index is 12.8. The molecule has 1 unspecified atom stereocenters. The molecule has 0 saturated heterocycles. The summed E-state index contributed by atoms with van der Waals surface area (Å²) in [6, 6.07) is 9.27. The van der Waals surface area contributed by atoms with E-state index < -0.39 is 0 Å². The number of aromatic nitrogens is 1. The first-order chi connectivity index (χ1) is 14.0. The third kappa shape index (κ3) is 4.58. The van der Waals surface area contributed by atoms with Gasteiger partial charge in [-0.1, -0.05) is 11.2 Å². The Morgan fingerprint density at radius 1 is 1.30 bits per heavy atom. The number of aryl methyl sites for hydroxylation is 1. The van der Waals surface area contributed by atoms with Crippen molar-refractivity contribution in [2.45, 2.75) is 18.6 Å². The van der Waals surface area contributed by atoms with Gasteiger partial charge >= 0.3 is 0 Å². The summed E-state index contributed by atoms with van der Waals surface area (Å²) in [5.41, 5.74) is 7.61. The molecule has 1 atom stereocenters. The number of carbonyl (C=O) groups is 2. The van der Waals surface area contributed by atoms with Crippen molar-refractivity contribution in [3.05, 3.63) is 47.1 Å². The highest BCUT2D eigenvalue weighted by Crippen LogP contribution is 2.30. The number of thiophene rings is 1. The lowest BCUT2D eigenvalue weighted by atomic mass is 10.2. The quantitative estimate of drug-likeness (QED) is 0.589. The highest BCUT2D eigenvalue weighted by Gasteiger charge is 2.22. The molecule has 0 aliphatic carbocycles. The van der Waals surface area contributed by atoms with Gasteiger partial charge in [0, 0.05) is 42.0 Å². The van der Waals surface area contributed by atoms with Gasteiger partial charge in [0.1, 0.15) is 5.69 Å². The summed E-state index contributed by atoms with van der Waals surface area (Å²) in [5.74, 6) is -0.252. The van der Waals surface area contributed by atoms with E-state index in [9.17, 15) is 9.59 Å². The number of fused-ring (bicyclic) bond motifs is 1. The van der Waals surface area contributed by atoms with Crippen molar-refractivity contribution in [2.24, 2.45) is 7.05 Å². The van der Waals surface area contributed by atoms with Crippen molar-refractivity contribution < 1.29 is 9.59 Å². The average Bonchev–Trinajstić information content (AvgIpc) is 3.26. The van der Waals surface area contributed by atoms with Gasteiger partial charge in [-0.05, 0) is 55.8 Å². The minimum absolute atomic E-state index is 0.102. The Morgan fingerprint density at radius 2 is 2.00 bits per heavy atom. The number of nitrogens with one attached hydrogen (secondary N) is 1. The van der Waals surface area contributed by atoms with Crippen LogP contribution in [0, 0.1) is 0 Å². The second kappa shape index (κ2) is 8.49. The van der Waals surface area contributed by atoms with E-state index in [-0.39, 0.29) is 26.0 Å². The van der Waals surface area contributed by atoms with Gasteiger partial charge in [0.25, 0.3) is 11.8 Å². The van der Waals surface area contributed by atoms with Gasteiger partial charge in [0.05, 0.1) is 10.6 Å².